The molecule has 1 saturated heterocycles. The van der Waals surface area contributed by atoms with E-state index in [1.807, 2.05) is 72.8 Å². The third-order valence-electron chi connectivity index (χ3n) is 5.72. The van der Waals surface area contributed by atoms with E-state index in [2.05, 4.69) is 17.6 Å². The number of amides is 2. The molecule has 4 rings (SSSR count). The predicted molar refractivity (Wildman–Crippen MR) is 135 cm³/mol. The van der Waals surface area contributed by atoms with Crippen molar-refractivity contribution in [1.82, 2.24) is 10.6 Å². The molecule has 1 heterocycles. The number of nitrogens with one attached hydrogen (secondary N) is 2. The molecule has 0 aromatic heterocycles. The van der Waals surface area contributed by atoms with E-state index in [1.165, 1.54) is 0 Å². The molecule has 2 unspecified atom stereocenters. The Kier molecular flexibility index (Phi) is 7.35. The average Bonchev–Trinajstić information content (AvgIpc) is 3.19. The van der Waals surface area contributed by atoms with Crippen LogP contribution >= 0.6 is 11.8 Å². The van der Waals surface area contributed by atoms with Gasteiger partial charge in [-0.15, -0.1) is 0 Å². The first-order valence-electron chi connectivity index (χ1n) is 10.9. The fourth-order valence-corrected chi connectivity index (χ4v) is 4.54. The molecule has 2 amide bonds. The van der Waals surface area contributed by atoms with E-state index in [4.69, 9.17) is 9.47 Å². The van der Waals surface area contributed by atoms with Gasteiger partial charge < -0.3 is 9.47 Å². The molecule has 0 radical (unpaired) electrons. The van der Waals surface area contributed by atoms with Crippen molar-refractivity contribution < 1.29 is 19.1 Å². The van der Waals surface area contributed by atoms with Crippen LogP contribution in [0.4, 0.5) is 4.79 Å². The Morgan fingerprint density at radius 1 is 0.853 bits per heavy atom. The Morgan fingerprint density at radius 2 is 1.44 bits per heavy atom. The first-order valence-corrected chi connectivity index (χ1v) is 11.7. The Labute approximate surface area is 203 Å². The quantitative estimate of drug-likeness (QED) is 0.422. The zero-order valence-electron chi connectivity index (χ0n) is 19.2. The Balaban J connectivity index is 1.73. The number of carbonyl (C=O) groups is 2. The van der Waals surface area contributed by atoms with Crippen molar-refractivity contribution in [2.24, 2.45) is 0 Å². The van der Waals surface area contributed by atoms with Crippen LogP contribution in [0.5, 0.6) is 11.5 Å². The molecule has 174 valence electrons. The lowest BCUT2D eigenvalue weighted by atomic mass is 9.92. The average molecular weight is 475 g/mol. The fraction of sp³-hybridized carbons (Fsp3) is 0.185. The number of imide groups is 1. The maximum absolute atomic E-state index is 12.2. The van der Waals surface area contributed by atoms with Gasteiger partial charge in [-0.25, -0.2) is 0 Å². The van der Waals surface area contributed by atoms with E-state index in [0.717, 1.165) is 45.5 Å². The molecule has 3 aromatic carbocycles. The SMILES string of the molecule is COc1ccc(C(C)NC(c2ccc(OC)cc2)c2ccccc2/C=C2/SC(=O)NC2=O)cc1. The lowest BCUT2D eigenvalue weighted by Gasteiger charge is -2.26. The highest BCUT2D eigenvalue weighted by Gasteiger charge is 2.26. The minimum Gasteiger partial charge on any atom is -0.497 e. The van der Waals surface area contributed by atoms with Gasteiger partial charge in [0.1, 0.15) is 11.5 Å². The van der Waals surface area contributed by atoms with Gasteiger partial charge in [0.05, 0.1) is 25.2 Å². The summed E-state index contributed by atoms with van der Waals surface area (Å²) < 4.78 is 10.6. The summed E-state index contributed by atoms with van der Waals surface area (Å²) in [5.41, 5.74) is 4.02. The van der Waals surface area contributed by atoms with Gasteiger partial charge in [-0.2, -0.15) is 0 Å². The summed E-state index contributed by atoms with van der Waals surface area (Å²) in [6.45, 7) is 2.11. The highest BCUT2D eigenvalue weighted by Crippen LogP contribution is 2.33. The number of hydrogen-bond donors (Lipinski definition) is 2. The zero-order valence-corrected chi connectivity index (χ0v) is 20.0. The number of hydrogen-bond acceptors (Lipinski definition) is 6. The fourth-order valence-electron chi connectivity index (χ4n) is 3.87. The number of methoxy groups -OCH3 is 2. The number of carbonyl (C=O) groups excluding carboxylic acids is 2. The Bertz CT molecular complexity index is 1210. The van der Waals surface area contributed by atoms with Gasteiger partial charge in [0.2, 0.25) is 0 Å². The molecule has 6 nitrogen and oxygen atoms in total. The molecule has 3 aromatic rings. The van der Waals surface area contributed by atoms with Gasteiger partial charge in [0, 0.05) is 6.04 Å². The van der Waals surface area contributed by atoms with Crippen LogP contribution in [0.25, 0.3) is 6.08 Å². The zero-order chi connectivity index (χ0) is 24.1. The molecule has 0 saturated carbocycles. The summed E-state index contributed by atoms with van der Waals surface area (Å²) in [4.78, 5) is 24.2. The van der Waals surface area contributed by atoms with Crippen LogP contribution in [0.3, 0.4) is 0 Å². The molecule has 0 aliphatic carbocycles. The molecule has 0 spiro atoms. The van der Waals surface area contributed by atoms with Gasteiger partial charge in [-0.05, 0) is 71.3 Å². The van der Waals surface area contributed by atoms with Crippen LogP contribution in [-0.4, -0.2) is 25.4 Å². The molecule has 0 bridgehead atoms. The molecule has 1 aliphatic heterocycles. The standard InChI is InChI=1S/C27H26N2O4S/c1-17(18-8-12-21(32-2)13-9-18)28-25(19-10-14-22(33-3)15-11-19)23-7-5-4-6-20(23)16-24-26(30)29-27(31)34-24/h4-17,25,28H,1-3H3,(H,29,30,31)/b24-16+. The van der Waals surface area contributed by atoms with Crippen LogP contribution < -0.4 is 20.1 Å². The van der Waals surface area contributed by atoms with Crippen molar-refractivity contribution in [2.75, 3.05) is 14.2 Å². The second kappa shape index (κ2) is 10.6. The van der Waals surface area contributed by atoms with Gasteiger partial charge in [0.15, 0.2) is 0 Å². The molecule has 2 atom stereocenters. The van der Waals surface area contributed by atoms with Crippen molar-refractivity contribution in [1.29, 1.82) is 0 Å². The lowest BCUT2D eigenvalue weighted by molar-refractivity contribution is -0.115. The summed E-state index contributed by atoms with van der Waals surface area (Å²) >= 11 is 0.917. The molecule has 1 aliphatic rings. The second-order valence-corrected chi connectivity index (χ2v) is 8.86. The first kappa shape index (κ1) is 23.6. The second-order valence-electron chi connectivity index (χ2n) is 7.85. The predicted octanol–water partition coefficient (Wildman–Crippen LogP) is 5.47. The minimum absolute atomic E-state index is 0.0180. The van der Waals surface area contributed by atoms with E-state index < -0.39 is 0 Å². The third kappa shape index (κ3) is 5.32. The third-order valence-corrected chi connectivity index (χ3v) is 6.53. The monoisotopic (exact) mass is 474 g/mol. The van der Waals surface area contributed by atoms with Crippen LogP contribution in [0.15, 0.2) is 77.7 Å². The van der Waals surface area contributed by atoms with Gasteiger partial charge >= 0.3 is 0 Å². The van der Waals surface area contributed by atoms with E-state index in [-0.39, 0.29) is 23.2 Å². The van der Waals surface area contributed by atoms with Crippen LogP contribution in [0.2, 0.25) is 0 Å². The van der Waals surface area contributed by atoms with Gasteiger partial charge in [0.25, 0.3) is 11.1 Å². The van der Waals surface area contributed by atoms with E-state index in [1.54, 1.807) is 20.3 Å². The van der Waals surface area contributed by atoms with Crippen molar-refractivity contribution in [3.63, 3.8) is 0 Å². The van der Waals surface area contributed by atoms with E-state index in [0.29, 0.717) is 4.91 Å². The Hall–Kier alpha value is -3.55. The number of benzene rings is 3. The largest absolute Gasteiger partial charge is 0.497 e. The smallest absolute Gasteiger partial charge is 0.290 e. The molecular formula is C27H26N2O4S. The maximum Gasteiger partial charge on any atom is 0.290 e. The van der Waals surface area contributed by atoms with E-state index >= 15 is 0 Å². The number of thioether (sulfide) groups is 1. The molecule has 2 N–H and O–H groups in total. The molecule has 34 heavy (non-hydrogen) atoms. The van der Waals surface area contributed by atoms with Crippen LogP contribution in [0.1, 0.15) is 41.3 Å². The highest BCUT2D eigenvalue weighted by molar-refractivity contribution is 8.18. The summed E-state index contributed by atoms with van der Waals surface area (Å²) in [6.07, 6.45) is 1.77. The topological polar surface area (TPSA) is 76.7 Å². The van der Waals surface area contributed by atoms with Crippen LogP contribution in [0, 0.1) is 0 Å². The lowest BCUT2D eigenvalue weighted by Crippen LogP contribution is -2.26. The summed E-state index contributed by atoms with van der Waals surface area (Å²) in [5, 5.41) is 5.71. The van der Waals surface area contributed by atoms with Crippen molar-refractivity contribution >= 4 is 29.0 Å². The molecule has 1 fully saturated rings. The van der Waals surface area contributed by atoms with E-state index in [9.17, 15) is 9.59 Å². The van der Waals surface area contributed by atoms with Gasteiger partial charge in [-0.3, -0.25) is 20.2 Å². The van der Waals surface area contributed by atoms with Crippen LogP contribution in [-0.2, 0) is 4.79 Å². The number of ether oxygens (including phenoxy) is 2. The first-order chi connectivity index (χ1) is 16.5. The van der Waals surface area contributed by atoms with Crippen molar-refractivity contribution in [2.45, 2.75) is 19.0 Å². The minimum atomic E-state index is -0.370. The normalized spacial score (nSPS) is 16.3. The van der Waals surface area contributed by atoms with Gasteiger partial charge in [-0.1, -0.05) is 48.5 Å². The van der Waals surface area contributed by atoms with Crippen molar-refractivity contribution in [3.8, 4) is 11.5 Å². The highest BCUT2D eigenvalue weighted by atomic mass is 32.2. The number of rotatable bonds is 8. The maximum atomic E-state index is 12.2. The summed E-state index contributed by atoms with van der Waals surface area (Å²) in [7, 11) is 3.29. The summed E-state index contributed by atoms with van der Waals surface area (Å²) in [5.74, 6) is 1.21. The molecule has 7 heteroatoms. The molecular weight excluding hydrogens is 448 g/mol. The summed E-state index contributed by atoms with van der Waals surface area (Å²) in [6, 6.07) is 23.6. The van der Waals surface area contributed by atoms with Crippen molar-refractivity contribution in [3.05, 3.63) is 100.0 Å². The Morgan fingerprint density at radius 3 is 2.00 bits per heavy atom.